The number of carbonyl (C=O) groups is 2. The van der Waals surface area contributed by atoms with Gasteiger partial charge >= 0.3 is 0 Å². The molecule has 0 spiro atoms. The molecule has 2 aromatic rings. The Hall–Kier alpha value is -2.43. The number of aromatic nitrogens is 1. The Morgan fingerprint density at radius 2 is 1.97 bits per heavy atom. The number of benzene rings is 1. The first-order valence-corrected chi connectivity index (χ1v) is 15.1. The van der Waals surface area contributed by atoms with Gasteiger partial charge in [0.25, 0.3) is 5.91 Å². The highest BCUT2D eigenvalue weighted by Crippen LogP contribution is 2.49. The zero-order chi connectivity index (χ0) is 26.7. The summed E-state index contributed by atoms with van der Waals surface area (Å²) in [5, 5.41) is 3.96. The lowest BCUT2D eigenvalue weighted by atomic mass is 9.70. The normalized spacial score (nSPS) is 36.4. The Labute approximate surface area is 230 Å². The van der Waals surface area contributed by atoms with E-state index in [-0.39, 0.29) is 35.8 Å². The molecular formula is C29H34F2N4O3S. The van der Waals surface area contributed by atoms with Crippen molar-refractivity contribution in [3.05, 3.63) is 41.0 Å². The fourth-order valence-electron chi connectivity index (χ4n) is 7.44. The van der Waals surface area contributed by atoms with Crippen molar-refractivity contribution < 1.29 is 23.1 Å². The predicted octanol–water partition coefficient (Wildman–Crippen LogP) is 3.75. The molecule has 8 atom stereocenters. The van der Waals surface area contributed by atoms with E-state index in [9.17, 15) is 14.0 Å². The molecule has 10 heteroatoms. The van der Waals surface area contributed by atoms with Crippen LogP contribution in [0.2, 0.25) is 0 Å². The third-order valence-corrected chi connectivity index (χ3v) is 10.6. The summed E-state index contributed by atoms with van der Waals surface area (Å²) in [6.45, 7) is 3.25. The first-order valence-electron chi connectivity index (χ1n) is 14.3. The first kappa shape index (κ1) is 25.5. The van der Waals surface area contributed by atoms with Gasteiger partial charge in [-0.05, 0) is 63.7 Å². The summed E-state index contributed by atoms with van der Waals surface area (Å²) in [6, 6.07) is 7.38. The number of likely N-dealkylation sites (tertiary alicyclic amines) is 1. The third kappa shape index (κ3) is 4.48. The molecule has 0 radical (unpaired) electrons. The van der Waals surface area contributed by atoms with Crippen molar-refractivity contribution in [2.75, 3.05) is 26.2 Å². The summed E-state index contributed by atoms with van der Waals surface area (Å²) in [7, 11) is 0. The second-order valence-electron chi connectivity index (χ2n) is 11.7. The van der Waals surface area contributed by atoms with Crippen molar-refractivity contribution in [3.63, 3.8) is 0 Å². The van der Waals surface area contributed by atoms with E-state index >= 15 is 4.39 Å². The smallest absolute Gasteiger partial charge is 0.256 e. The minimum atomic E-state index is -1.80. The van der Waals surface area contributed by atoms with E-state index in [0.29, 0.717) is 13.0 Å². The van der Waals surface area contributed by atoms with Crippen molar-refractivity contribution in [1.29, 1.82) is 0 Å². The molecule has 4 fully saturated rings. The summed E-state index contributed by atoms with van der Waals surface area (Å²) in [5.74, 6) is -1.43. The van der Waals surface area contributed by atoms with Gasteiger partial charge in [0, 0.05) is 31.1 Å². The Bertz CT molecular complexity index is 1260. The fourth-order valence-corrected chi connectivity index (χ4v) is 8.55. The van der Waals surface area contributed by atoms with E-state index in [1.807, 2.05) is 23.1 Å². The van der Waals surface area contributed by atoms with Gasteiger partial charge in [0.15, 0.2) is 12.0 Å². The highest BCUT2D eigenvalue weighted by Gasteiger charge is 2.59. The van der Waals surface area contributed by atoms with Gasteiger partial charge in [0.1, 0.15) is 12.3 Å². The Kier molecular flexibility index (Phi) is 6.67. The van der Waals surface area contributed by atoms with Gasteiger partial charge in [0.05, 0.1) is 39.0 Å². The van der Waals surface area contributed by atoms with E-state index in [0.717, 1.165) is 47.7 Å². The number of nitrogens with zero attached hydrogens (tertiary/aromatic N) is 3. The molecule has 4 heterocycles. The standard InChI is InChI=1S/C29H34F2N4O3S/c30-19-14-17-25-27(24(19)31)38-22-13-16(29-33-20-5-1-2-6-23(20)39-29)7-8-21(22)35(25)15-18(26(17)36)28(37)32-9-12-34-10-3-4-11-34/h1-2,5-6,15-17,19,21-22,24-25,27H,3-4,7-14H2,(H,32,37). The molecule has 1 aromatic heterocycles. The maximum atomic E-state index is 15.3. The molecule has 3 aliphatic heterocycles. The van der Waals surface area contributed by atoms with Crippen molar-refractivity contribution in [3.8, 4) is 0 Å². The van der Waals surface area contributed by atoms with E-state index in [4.69, 9.17) is 9.72 Å². The average Bonchev–Trinajstić information content (AvgIpc) is 3.62. The number of Topliss-reactive ketones (excluding diaryl/α,β-unsaturated/α-hetero) is 1. The number of nitrogens with one attached hydrogen (secondary N) is 1. The first-order chi connectivity index (χ1) is 19.0. The van der Waals surface area contributed by atoms with Crippen LogP contribution in [0.25, 0.3) is 10.2 Å². The van der Waals surface area contributed by atoms with Gasteiger partial charge in [0.2, 0.25) is 0 Å². The Morgan fingerprint density at radius 3 is 2.79 bits per heavy atom. The summed E-state index contributed by atoms with van der Waals surface area (Å²) in [4.78, 5) is 35.8. The van der Waals surface area contributed by atoms with Gasteiger partial charge in [-0.2, -0.15) is 0 Å². The highest BCUT2D eigenvalue weighted by molar-refractivity contribution is 7.18. The summed E-state index contributed by atoms with van der Waals surface area (Å²) in [5.41, 5.74) is 1.04. The van der Waals surface area contributed by atoms with Crippen LogP contribution in [0.5, 0.6) is 0 Å². The second kappa shape index (κ2) is 10.2. The van der Waals surface area contributed by atoms with E-state index < -0.39 is 36.3 Å². The monoisotopic (exact) mass is 556 g/mol. The van der Waals surface area contributed by atoms with Crippen LogP contribution in [-0.2, 0) is 14.3 Å². The molecule has 1 N–H and O–H groups in total. The molecule has 2 saturated carbocycles. The highest BCUT2D eigenvalue weighted by atomic mass is 32.1. The van der Waals surface area contributed by atoms with Gasteiger partial charge in [-0.3, -0.25) is 9.59 Å². The van der Waals surface area contributed by atoms with Crippen LogP contribution < -0.4 is 5.32 Å². The maximum Gasteiger partial charge on any atom is 0.256 e. The summed E-state index contributed by atoms with van der Waals surface area (Å²) < 4.78 is 37.7. The molecule has 8 unspecified atom stereocenters. The number of thiazole rings is 1. The number of alkyl halides is 2. The van der Waals surface area contributed by atoms with E-state index in [1.54, 1.807) is 17.5 Å². The van der Waals surface area contributed by atoms with Gasteiger partial charge < -0.3 is 19.9 Å². The second-order valence-corrected chi connectivity index (χ2v) is 12.8. The van der Waals surface area contributed by atoms with E-state index in [2.05, 4.69) is 16.3 Å². The zero-order valence-electron chi connectivity index (χ0n) is 21.8. The molecule has 1 amide bonds. The van der Waals surface area contributed by atoms with Crippen LogP contribution in [-0.4, -0.2) is 89.3 Å². The number of carbonyl (C=O) groups excluding carboxylic acids is 2. The number of para-hydroxylation sites is 1. The largest absolute Gasteiger partial charge is 0.367 e. The maximum absolute atomic E-state index is 15.3. The number of ether oxygens (including phenoxy) is 1. The number of amides is 1. The van der Waals surface area contributed by atoms with Crippen LogP contribution >= 0.6 is 11.3 Å². The number of ketones is 1. The van der Waals surface area contributed by atoms with Crippen molar-refractivity contribution >= 4 is 33.2 Å². The van der Waals surface area contributed by atoms with Crippen LogP contribution in [0.3, 0.4) is 0 Å². The SMILES string of the molecule is O=C(NCCN1CCCC1)C1=CN2C3CCC(c4nc5ccccc5s4)CC3OC3C(F)C(F)CC(C1=O)C32. The molecule has 39 heavy (non-hydrogen) atoms. The molecule has 208 valence electrons. The number of morpholine rings is 1. The van der Waals surface area contributed by atoms with E-state index in [1.165, 1.54) is 12.8 Å². The van der Waals surface area contributed by atoms with Gasteiger partial charge in [-0.1, -0.05) is 12.1 Å². The molecule has 2 saturated heterocycles. The Morgan fingerprint density at radius 1 is 1.15 bits per heavy atom. The number of hydrogen-bond acceptors (Lipinski definition) is 7. The molecular weight excluding hydrogens is 522 g/mol. The van der Waals surface area contributed by atoms with Crippen LogP contribution in [0.15, 0.2) is 36.0 Å². The van der Waals surface area contributed by atoms with Crippen molar-refractivity contribution in [1.82, 2.24) is 20.1 Å². The number of hydrogen-bond donors (Lipinski definition) is 1. The minimum absolute atomic E-state index is 0.0647. The lowest BCUT2D eigenvalue weighted by Crippen LogP contribution is -2.70. The van der Waals surface area contributed by atoms with Crippen LogP contribution in [0.1, 0.15) is 49.5 Å². The predicted molar refractivity (Wildman–Crippen MR) is 144 cm³/mol. The molecule has 7 rings (SSSR count). The fraction of sp³-hybridized carbons (Fsp3) is 0.621. The molecule has 2 aliphatic carbocycles. The molecule has 1 aromatic carbocycles. The quantitative estimate of drug-likeness (QED) is 0.566. The van der Waals surface area contributed by atoms with Crippen molar-refractivity contribution in [2.24, 2.45) is 5.92 Å². The molecule has 5 aliphatic rings. The number of rotatable bonds is 5. The van der Waals surface area contributed by atoms with Crippen molar-refractivity contribution in [2.45, 2.75) is 81.1 Å². The summed E-state index contributed by atoms with van der Waals surface area (Å²) in [6.07, 6.45) is 1.11. The average molecular weight is 557 g/mol. The zero-order valence-corrected chi connectivity index (χ0v) is 22.6. The summed E-state index contributed by atoms with van der Waals surface area (Å²) >= 11 is 1.68. The molecule has 7 nitrogen and oxygen atoms in total. The lowest BCUT2D eigenvalue weighted by Gasteiger charge is -2.58. The number of fused-ring (bicyclic) bond motifs is 3. The van der Waals surface area contributed by atoms with Crippen LogP contribution in [0.4, 0.5) is 8.78 Å². The van der Waals surface area contributed by atoms with Gasteiger partial charge in [-0.15, -0.1) is 11.3 Å². The minimum Gasteiger partial charge on any atom is -0.367 e. The third-order valence-electron chi connectivity index (χ3n) is 9.40. The lowest BCUT2D eigenvalue weighted by molar-refractivity contribution is -0.211. The van der Waals surface area contributed by atoms with Gasteiger partial charge in [-0.25, -0.2) is 13.8 Å². The topological polar surface area (TPSA) is 74.8 Å². The Balaban J connectivity index is 1.14. The number of halogens is 2. The molecule has 0 bridgehead atoms. The van der Waals surface area contributed by atoms with Crippen LogP contribution in [0, 0.1) is 5.92 Å².